The van der Waals surface area contributed by atoms with E-state index in [-0.39, 0.29) is 0 Å². The van der Waals surface area contributed by atoms with Gasteiger partial charge in [-0.1, -0.05) is 86.3 Å². The van der Waals surface area contributed by atoms with Crippen molar-refractivity contribution in [2.24, 2.45) is 0 Å². The van der Waals surface area contributed by atoms with E-state index in [0.717, 1.165) is 44.9 Å². The Labute approximate surface area is 178 Å². The molecular weight excluding hydrogens is 376 g/mol. The third kappa shape index (κ3) is 4.23. The van der Waals surface area contributed by atoms with Crippen molar-refractivity contribution in [2.75, 3.05) is 0 Å². The van der Waals surface area contributed by atoms with Crippen LogP contribution in [0.3, 0.4) is 0 Å². The van der Waals surface area contributed by atoms with Gasteiger partial charge in [-0.15, -0.1) is 0 Å². The Bertz CT molecular complexity index is 1110. The topological polar surface area (TPSA) is 28.7 Å². The van der Waals surface area contributed by atoms with Crippen LogP contribution in [0.2, 0.25) is 5.02 Å². The lowest BCUT2D eigenvalue weighted by atomic mass is 9.99. The molecular formula is C26H27ClN2. The van der Waals surface area contributed by atoms with Gasteiger partial charge >= 0.3 is 0 Å². The Morgan fingerprint density at radius 1 is 0.897 bits per heavy atom. The molecule has 0 aliphatic rings. The number of H-pyrrole nitrogens is 1. The first-order valence-corrected chi connectivity index (χ1v) is 10.9. The highest BCUT2D eigenvalue weighted by atomic mass is 35.5. The minimum Gasteiger partial charge on any atom is -0.344 e. The smallest absolute Gasteiger partial charge is 0.138 e. The molecule has 1 N–H and O–H groups in total. The Kier molecular flexibility index (Phi) is 6.01. The molecule has 0 bridgehead atoms. The van der Waals surface area contributed by atoms with E-state index >= 15 is 0 Å². The number of aromatic amines is 1. The minimum absolute atomic E-state index is 0.769. The van der Waals surface area contributed by atoms with E-state index in [1.54, 1.807) is 0 Å². The Morgan fingerprint density at radius 3 is 2.52 bits per heavy atom. The van der Waals surface area contributed by atoms with E-state index in [9.17, 15) is 0 Å². The Balaban J connectivity index is 1.60. The highest BCUT2D eigenvalue weighted by Crippen LogP contribution is 2.34. The number of benzene rings is 3. The van der Waals surface area contributed by atoms with Gasteiger partial charge < -0.3 is 4.98 Å². The van der Waals surface area contributed by atoms with Gasteiger partial charge in [0, 0.05) is 27.7 Å². The number of nitrogens with zero attached hydrogens (tertiary/aromatic N) is 1. The normalized spacial score (nSPS) is 11.3. The van der Waals surface area contributed by atoms with Crippen LogP contribution in [0.15, 0.2) is 60.8 Å². The first-order chi connectivity index (χ1) is 14.2. The zero-order valence-electron chi connectivity index (χ0n) is 17.1. The van der Waals surface area contributed by atoms with Gasteiger partial charge in [-0.25, -0.2) is 4.98 Å². The second-order valence-electron chi connectivity index (χ2n) is 7.73. The number of imidazole rings is 1. The predicted molar refractivity (Wildman–Crippen MR) is 125 cm³/mol. The van der Waals surface area contributed by atoms with Gasteiger partial charge in [-0.05, 0) is 42.3 Å². The molecule has 4 aromatic rings. The molecule has 2 nitrogen and oxygen atoms in total. The average molecular weight is 403 g/mol. The Morgan fingerprint density at radius 2 is 1.72 bits per heavy atom. The van der Waals surface area contributed by atoms with Crippen molar-refractivity contribution in [3.63, 3.8) is 0 Å². The lowest BCUT2D eigenvalue weighted by Crippen LogP contribution is -1.89. The van der Waals surface area contributed by atoms with Gasteiger partial charge in [0.1, 0.15) is 5.82 Å². The van der Waals surface area contributed by atoms with E-state index < -0.39 is 0 Å². The highest BCUT2D eigenvalue weighted by molar-refractivity contribution is 6.35. The maximum absolute atomic E-state index is 6.41. The summed E-state index contributed by atoms with van der Waals surface area (Å²) < 4.78 is 0. The predicted octanol–water partition coefficient (Wildman–Crippen LogP) is 7.98. The van der Waals surface area contributed by atoms with Crippen LogP contribution in [0.25, 0.3) is 33.4 Å². The number of hydrogen-bond acceptors (Lipinski definition) is 1. The molecule has 0 atom stereocenters. The minimum atomic E-state index is 0.769. The van der Waals surface area contributed by atoms with Crippen LogP contribution in [0.4, 0.5) is 0 Å². The highest BCUT2D eigenvalue weighted by Gasteiger charge is 2.13. The summed E-state index contributed by atoms with van der Waals surface area (Å²) in [5.74, 6) is 0.883. The van der Waals surface area contributed by atoms with E-state index in [1.165, 1.54) is 36.8 Å². The second kappa shape index (κ2) is 8.84. The van der Waals surface area contributed by atoms with Crippen molar-refractivity contribution in [1.82, 2.24) is 9.97 Å². The van der Waals surface area contributed by atoms with Crippen LogP contribution in [-0.2, 0) is 6.42 Å². The number of hydrogen-bond donors (Lipinski definition) is 1. The van der Waals surface area contributed by atoms with Crippen molar-refractivity contribution in [3.8, 4) is 22.6 Å². The first-order valence-electron chi connectivity index (χ1n) is 10.5. The molecule has 0 aliphatic carbocycles. The molecule has 0 fully saturated rings. The molecule has 0 unspecified atom stereocenters. The molecule has 1 heterocycles. The summed E-state index contributed by atoms with van der Waals surface area (Å²) in [6.45, 7) is 4.37. The number of aryl methyl sites for hydroxylation is 2. The van der Waals surface area contributed by atoms with Crippen molar-refractivity contribution >= 4 is 22.4 Å². The molecule has 148 valence electrons. The lowest BCUT2D eigenvalue weighted by Gasteiger charge is -2.09. The fourth-order valence-corrected chi connectivity index (χ4v) is 4.18. The van der Waals surface area contributed by atoms with Gasteiger partial charge in [0.2, 0.25) is 0 Å². The summed E-state index contributed by atoms with van der Waals surface area (Å²) >= 11 is 6.41. The van der Waals surface area contributed by atoms with Crippen LogP contribution in [0, 0.1) is 6.92 Å². The lowest BCUT2D eigenvalue weighted by molar-refractivity contribution is 0.667. The first kappa shape index (κ1) is 19.7. The summed E-state index contributed by atoms with van der Waals surface area (Å²) in [7, 11) is 0. The standard InChI is InChI=1S/C26H27ClN2/c1-3-4-5-6-8-19-12-14-20(15-13-19)24-17-28-26(29-24)25-18(2)11-16-21-22(25)9-7-10-23(21)27/h7,9-17H,3-6,8H2,1-2H3,(H,28,29). The molecule has 0 aliphatic heterocycles. The average Bonchev–Trinajstić information content (AvgIpc) is 3.21. The van der Waals surface area contributed by atoms with Crippen molar-refractivity contribution in [2.45, 2.75) is 46.0 Å². The van der Waals surface area contributed by atoms with Gasteiger partial charge in [0.25, 0.3) is 0 Å². The molecule has 3 aromatic carbocycles. The fourth-order valence-electron chi connectivity index (χ4n) is 3.94. The van der Waals surface area contributed by atoms with Crippen LogP contribution in [0.1, 0.15) is 43.7 Å². The third-order valence-corrected chi connectivity index (χ3v) is 5.93. The van der Waals surface area contributed by atoms with Gasteiger partial charge in [-0.3, -0.25) is 0 Å². The molecule has 0 saturated heterocycles. The molecule has 4 rings (SSSR count). The zero-order valence-corrected chi connectivity index (χ0v) is 17.9. The fraction of sp³-hybridized carbons (Fsp3) is 0.269. The molecule has 0 radical (unpaired) electrons. The molecule has 3 heteroatoms. The summed E-state index contributed by atoms with van der Waals surface area (Å²) in [5, 5.41) is 2.95. The monoisotopic (exact) mass is 402 g/mol. The van der Waals surface area contributed by atoms with E-state index in [2.05, 4.69) is 61.3 Å². The van der Waals surface area contributed by atoms with Crippen molar-refractivity contribution in [1.29, 1.82) is 0 Å². The van der Waals surface area contributed by atoms with E-state index in [4.69, 9.17) is 16.6 Å². The van der Waals surface area contributed by atoms with Crippen LogP contribution in [0.5, 0.6) is 0 Å². The maximum Gasteiger partial charge on any atom is 0.138 e. The molecule has 1 aromatic heterocycles. The Hall–Kier alpha value is -2.58. The van der Waals surface area contributed by atoms with Crippen LogP contribution in [-0.4, -0.2) is 9.97 Å². The summed E-state index contributed by atoms with van der Waals surface area (Å²) in [4.78, 5) is 8.29. The largest absolute Gasteiger partial charge is 0.344 e. The van der Waals surface area contributed by atoms with Crippen molar-refractivity contribution < 1.29 is 0 Å². The SMILES string of the molecule is CCCCCCc1ccc(-c2c[nH]c(-c3c(C)ccc4c(Cl)cccc34)n2)cc1. The van der Waals surface area contributed by atoms with Crippen LogP contribution < -0.4 is 0 Å². The van der Waals surface area contributed by atoms with Crippen molar-refractivity contribution in [3.05, 3.63) is 76.9 Å². The number of unbranched alkanes of at least 4 members (excludes halogenated alkanes) is 3. The van der Waals surface area contributed by atoms with Gasteiger partial charge in [0.15, 0.2) is 0 Å². The van der Waals surface area contributed by atoms with E-state index in [1.807, 2.05) is 18.3 Å². The molecule has 0 amide bonds. The molecule has 29 heavy (non-hydrogen) atoms. The summed E-state index contributed by atoms with van der Waals surface area (Å²) in [6, 6.07) is 19.1. The number of nitrogens with one attached hydrogen (secondary N) is 1. The van der Waals surface area contributed by atoms with Crippen LogP contribution >= 0.6 is 11.6 Å². The number of aromatic nitrogens is 2. The molecule has 0 spiro atoms. The van der Waals surface area contributed by atoms with Gasteiger partial charge in [0.05, 0.1) is 5.69 Å². The summed E-state index contributed by atoms with van der Waals surface area (Å²) in [6.07, 6.45) is 8.34. The quantitative estimate of drug-likeness (QED) is 0.312. The third-order valence-electron chi connectivity index (χ3n) is 5.60. The maximum atomic E-state index is 6.41. The molecule has 0 saturated carbocycles. The van der Waals surface area contributed by atoms with Gasteiger partial charge in [-0.2, -0.15) is 0 Å². The second-order valence-corrected chi connectivity index (χ2v) is 8.14. The summed E-state index contributed by atoms with van der Waals surface area (Å²) in [5.41, 5.74) is 5.81. The zero-order chi connectivity index (χ0) is 20.2. The van der Waals surface area contributed by atoms with E-state index in [0.29, 0.717) is 0 Å². The number of fused-ring (bicyclic) bond motifs is 1. The number of rotatable bonds is 7. The number of halogens is 1.